The summed E-state index contributed by atoms with van der Waals surface area (Å²) in [6, 6.07) is 0. The highest BCUT2D eigenvalue weighted by molar-refractivity contribution is 7.09. The summed E-state index contributed by atoms with van der Waals surface area (Å²) in [7, 11) is 0. The average molecular weight is 211 g/mol. The molecule has 1 saturated heterocycles. The van der Waals surface area contributed by atoms with Gasteiger partial charge in [0.05, 0.1) is 5.01 Å². The van der Waals surface area contributed by atoms with Gasteiger partial charge in [0.15, 0.2) is 0 Å². The van der Waals surface area contributed by atoms with E-state index in [9.17, 15) is 0 Å². The lowest BCUT2D eigenvalue weighted by atomic mass is 9.95. The van der Waals surface area contributed by atoms with Crippen LogP contribution in [0.1, 0.15) is 23.5 Å². The largest absolute Gasteiger partial charge is 0.269 e. The lowest BCUT2D eigenvalue weighted by Gasteiger charge is -2.27. The van der Waals surface area contributed by atoms with E-state index in [0.717, 1.165) is 31.1 Å². The molecule has 0 amide bonds. The summed E-state index contributed by atoms with van der Waals surface area (Å²) in [6.07, 6.45) is 3.58. The fraction of sp³-hybridized carbons (Fsp3) is 0.700. The van der Waals surface area contributed by atoms with E-state index in [0.29, 0.717) is 0 Å². The van der Waals surface area contributed by atoms with Gasteiger partial charge in [-0.2, -0.15) is 0 Å². The van der Waals surface area contributed by atoms with Gasteiger partial charge in [-0.05, 0) is 25.7 Å². The van der Waals surface area contributed by atoms with Crippen molar-refractivity contribution in [3.05, 3.63) is 16.1 Å². The molecule has 0 saturated carbocycles. The lowest BCUT2D eigenvalue weighted by Crippen LogP contribution is -2.39. The van der Waals surface area contributed by atoms with E-state index in [1.807, 2.05) is 5.01 Å². The molecule has 0 atom stereocenters. The second-order valence-corrected chi connectivity index (χ2v) is 5.01. The maximum Gasteiger partial charge on any atom is 0.0930 e. The van der Waals surface area contributed by atoms with E-state index < -0.39 is 0 Å². The minimum absolute atomic E-state index is 0.792. The van der Waals surface area contributed by atoms with Crippen molar-refractivity contribution >= 4 is 11.3 Å². The van der Waals surface area contributed by atoms with Crippen LogP contribution >= 0.6 is 11.3 Å². The zero-order valence-corrected chi connectivity index (χ0v) is 9.39. The molecule has 0 unspecified atom stereocenters. The Balaban J connectivity index is 1.86. The van der Waals surface area contributed by atoms with Crippen LogP contribution in [0.3, 0.4) is 0 Å². The van der Waals surface area contributed by atoms with Crippen LogP contribution in [0.25, 0.3) is 0 Å². The molecule has 0 aromatic carbocycles. The van der Waals surface area contributed by atoms with Crippen LogP contribution in [0, 0.1) is 12.8 Å². The number of piperidine rings is 1. The van der Waals surface area contributed by atoms with Crippen molar-refractivity contribution in [1.29, 1.82) is 0 Å². The van der Waals surface area contributed by atoms with Crippen molar-refractivity contribution in [2.24, 2.45) is 11.8 Å². The SMILES string of the molecule is Cc1csc(CC2CCN(N)CC2)n1. The summed E-state index contributed by atoms with van der Waals surface area (Å²) in [5.41, 5.74) is 1.15. The fourth-order valence-electron chi connectivity index (χ4n) is 1.90. The first-order valence-electron chi connectivity index (χ1n) is 5.14. The van der Waals surface area contributed by atoms with E-state index in [1.165, 1.54) is 17.8 Å². The van der Waals surface area contributed by atoms with Crippen molar-refractivity contribution in [3.63, 3.8) is 0 Å². The first-order chi connectivity index (χ1) is 6.74. The second-order valence-electron chi connectivity index (χ2n) is 4.07. The number of nitrogens with zero attached hydrogens (tertiary/aromatic N) is 2. The third-order valence-electron chi connectivity index (χ3n) is 2.78. The van der Waals surface area contributed by atoms with Crippen molar-refractivity contribution in [2.45, 2.75) is 26.2 Å². The monoisotopic (exact) mass is 211 g/mol. The number of hydrogen-bond acceptors (Lipinski definition) is 4. The predicted octanol–water partition coefficient (Wildman–Crippen LogP) is 1.58. The zero-order valence-electron chi connectivity index (χ0n) is 8.57. The molecule has 2 heterocycles. The molecule has 1 aromatic heterocycles. The Morgan fingerprint density at radius 2 is 2.29 bits per heavy atom. The molecule has 14 heavy (non-hydrogen) atoms. The Morgan fingerprint density at radius 3 is 2.86 bits per heavy atom. The van der Waals surface area contributed by atoms with Gasteiger partial charge in [0.2, 0.25) is 0 Å². The molecule has 4 heteroatoms. The topological polar surface area (TPSA) is 42.1 Å². The van der Waals surface area contributed by atoms with E-state index >= 15 is 0 Å². The van der Waals surface area contributed by atoms with Gasteiger partial charge in [0, 0.05) is 30.6 Å². The number of thiazole rings is 1. The maximum absolute atomic E-state index is 5.71. The molecule has 2 rings (SSSR count). The van der Waals surface area contributed by atoms with E-state index in [2.05, 4.69) is 17.3 Å². The van der Waals surface area contributed by atoms with Crippen LogP contribution in [-0.2, 0) is 6.42 Å². The number of hydrogen-bond donors (Lipinski definition) is 1. The van der Waals surface area contributed by atoms with Crippen LogP contribution < -0.4 is 5.84 Å². The van der Waals surface area contributed by atoms with Crippen molar-refractivity contribution in [2.75, 3.05) is 13.1 Å². The van der Waals surface area contributed by atoms with Gasteiger partial charge in [0.1, 0.15) is 0 Å². The lowest BCUT2D eigenvalue weighted by molar-refractivity contribution is 0.187. The molecule has 0 radical (unpaired) electrons. The molecule has 0 spiro atoms. The third kappa shape index (κ3) is 2.53. The van der Waals surface area contributed by atoms with Gasteiger partial charge in [-0.25, -0.2) is 9.99 Å². The summed E-state index contributed by atoms with van der Waals surface area (Å²) in [5.74, 6) is 6.51. The Hall–Kier alpha value is -0.450. The summed E-state index contributed by atoms with van der Waals surface area (Å²) in [6.45, 7) is 4.13. The van der Waals surface area contributed by atoms with Crippen molar-refractivity contribution < 1.29 is 0 Å². The number of aromatic nitrogens is 1. The predicted molar refractivity (Wildman–Crippen MR) is 59.0 cm³/mol. The summed E-state index contributed by atoms with van der Waals surface area (Å²) < 4.78 is 0. The summed E-state index contributed by atoms with van der Waals surface area (Å²) >= 11 is 1.79. The summed E-state index contributed by atoms with van der Waals surface area (Å²) in [4.78, 5) is 4.50. The van der Waals surface area contributed by atoms with Crippen LogP contribution in [0.5, 0.6) is 0 Å². The number of aryl methyl sites for hydroxylation is 1. The smallest absolute Gasteiger partial charge is 0.0930 e. The van der Waals surface area contributed by atoms with Gasteiger partial charge in [-0.15, -0.1) is 11.3 Å². The van der Waals surface area contributed by atoms with Gasteiger partial charge in [-0.1, -0.05) is 0 Å². The minimum atomic E-state index is 0.792. The summed E-state index contributed by atoms with van der Waals surface area (Å²) in [5, 5.41) is 5.34. The second kappa shape index (κ2) is 4.38. The number of nitrogens with two attached hydrogens (primary N) is 1. The first kappa shape index (κ1) is 10.1. The number of hydrazine groups is 1. The third-order valence-corrected chi connectivity index (χ3v) is 3.77. The Morgan fingerprint density at radius 1 is 1.57 bits per heavy atom. The molecule has 0 bridgehead atoms. The Labute approximate surface area is 88.9 Å². The quantitative estimate of drug-likeness (QED) is 0.755. The molecule has 3 nitrogen and oxygen atoms in total. The molecule has 1 fully saturated rings. The van der Waals surface area contributed by atoms with Gasteiger partial charge < -0.3 is 0 Å². The van der Waals surface area contributed by atoms with E-state index in [-0.39, 0.29) is 0 Å². The van der Waals surface area contributed by atoms with Gasteiger partial charge >= 0.3 is 0 Å². The minimum Gasteiger partial charge on any atom is -0.269 e. The van der Waals surface area contributed by atoms with E-state index in [4.69, 9.17) is 5.84 Å². The molecular weight excluding hydrogens is 194 g/mol. The van der Waals surface area contributed by atoms with Crippen molar-refractivity contribution in [1.82, 2.24) is 9.99 Å². The van der Waals surface area contributed by atoms with Crippen LogP contribution in [0.4, 0.5) is 0 Å². The standard InChI is InChI=1S/C10H17N3S/c1-8-7-14-10(12-8)6-9-2-4-13(11)5-3-9/h7,9H,2-6,11H2,1H3. The van der Waals surface area contributed by atoms with Gasteiger partial charge in [-0.3, -0.25) is 5.84 Å². The fourth-order valence-corrected chi connectivity index (χ4v) is 2.79. The van der Waals surface area contributed by atoms with Gasteiger partial charge in [0.25, 0.3) is 0 Å². The van der Waals surface area contributed by atoms with Crippen LogP contribution in [0.15, 0.2) is 5.38 Å². The van der Waals surface area contributed by atoms with Crippen LogP contribution in [0.2, 0.25) is 0 Å². The molecule has 78 valence electrons. The Bertz CT molecular complexity index is 289. The molecule has 0 aliphatic carbocycles. The maximum atomic E-state index is 5.71. The normalized spacial score (nSPS) is 20.1. The van der Waals surface area contributed by atoms with Crippen molar-refractivity contribution in [3.8, 4) is 0 Å². The zero-order chi connectivity index (χ0) is 9.97. The molecular formula is C10H17N3S. The molecule has 1 aliphatic rings. The van der Waals surface area contributed by atoms with E-state index in [1.54, 1.807) is 11.3 Å². The first-order valence-corrected chi connectivity index (χ1v) is 6.02. The highest BCUT2D eigenvalue weighted by Gasteiger charge is 2.18. The highest BCUT2D eigenvalue weighted by atomic mass is 32.1. The molecule has 1 aromatic rings. The molecule has 2 N–H and O–H groups in total. The number of rotatable bonds is 2. The van der Waals surface area contributed by atoms with Crippen LogP contribution in [-0.4, -0.2) is 23.1 Å². The average Bonchev–Trinajstić information content (AvgIpc) is 2.56. The Kier molecular flexibility index (Phi) is 3.15. The molecule has 1 aliphatic heterocycles. The highest BCUT2D eigenvalue weighted by Crippen LogP contribution is 2.21.